The summed E-state index contributed by atoms with van der Waals surface area (Å²) in [4.78, 5) is 74.3. The molecule has 0 amide bonds. The Morgan fingerprint density at radius 2 is 0.584 bits per heavy atom. The Balaban J connectivity index is 0.000000127. The number of ether oxygens (including phenoxy) is 6. The summed E-state index contributed by atoms with van der Waals surface area (Å²) in [6.07, 6.45) is 37.9. The highest BCUT2D eigenvalue weighted by atomic mass is 16.6. The van der Waals surface area contributed by atoms with Crippen LogP contribution in [0.4, 0.5) is 0 Å². The van der Waals surface area contributed by atoms with Crippen LogP contribution in [0.25, 0.3) is 0 Å². The summed E-state index contributed by atoms with van der Waals surface area (Å²) < 4.78 is 35.9. The summed E-state index contributed by atoms with van der Waals surface area (Å²) in [7, 11) is 0. The van der Waals surface area contributed by atoms with Gasteiger partial charge in [0.05, 0.1) is 27.6 Å². The average Bonchev–Trinajstić information content (AvgIpc) is 0.844. The molecule has 101 heavy (non-hydrogen) atoms. The summed E-state index contributed by atoms with van der Waals surface area (Å²) in [5.74, 6) is 15.0. The molecule has 0 aromatic heterocycles. The van der Waals surface area contributed by atoms with Crippen LogP contribution in [0, 0.1) is 152 Å². The molecule has 1 unspecified atom stereocenters. The molecule has 12 heteroatoms. The maximum atomic E-state index is 12.8. The number of hydrogen-bond acceptors (Lipinski definition) is 12. The fourth-order valence-corrected chi connectivity index (χ4v) is 25.4. The zero-order valence-electron chi connectivity index (χ0n) is 67.7. The van der Waals surface area contributed by atoms with E-state index in [1.54, 1.807) is 0 Å². The molecule has 0 aromatic carbocycles. The van der Waals surface area contributed by atoms with Crippen LogP contribution in [-0.4, -0.2) is 70.4 Å². The van der Waals surface area contributed by atoms with Gasteiger partial charge in [-0.3, -0.25) is 24.0 Å². The van der Waals surface area contributed by atoms with E-state index < -0.39 is 5.41 Å². The quantitative estimate of drug-likeness (QED) is 0.0892. The second-order valence-electron chi connectivity index (χ2n) is 41.3. The predicted molar refractivity (Wildman–Crippen MR) is 398 cm³/mol. The van der Waals surface area contributed by atoms with Crippen molar-refractivity contribution in [3.8, 4) is 0 Å². The summed E-state index contributed by atoms with van der Waals surface area (Å²) in [6, 6.07) is 0. The maximum absolute atomic E-state index is 12.8. The van der Waals surface area contributed by atoms with Crippen LogP contribution in [0.3, 0.4) is 0 Å². The van der Waals surface area contributed by atoms with Crippen molar-refractivity contribution in [2.75, 3.05) is 6.61 Å². The first kappa shape index (κ1) is 78.9. The zero-order chi connectivity index (χ0) is 73.5. The van der Waals surface area contributed by atoms with Crippen molar-refractivity contribution in [1.82, 2.24) is 0 Å². The molecule has 0 aliphatic heterocycles. The summed E-state index contributed by atoms with van der Waals surface area (Å²) in [6.45, 7) is 41.1. The number of carbonyl (C=O) groups excluding carboxylic acids is 6. The molecule has 0 radical (unpaired) electrons. The molecule has 0 heterocycles. The van der Waals surface area contributed by atoms with Gasteiger partial charge >= 0.3 is 35.8 Å². The fraction of sp³-hybridized carbons (Fsp3) is 0.933. The van der Waals surface area contributed by atoms with Gasteiger partial charge in [0.15, 0.2) is 6.61 Å². The lowest BCUT2D eigenvalue weighted by Gasteiger charge is -2.62. The van der Waals surface area contributed by atoms with E-state index in [9.17, 15) is 28.8 Å². The molecular weight excluding hydrogens is 1260 g/mol. The van der Waals surface area contributed by atoms with E-state index in [0.717, 1.165) is 91.3 Å². The highest BCUT2D eigenvalue weighted by Crippen LogP contribution is 2.66. The normalized spacial score (nSPS) is 42.6. The van der Waals surface area contributed by atoms with Crippen molar-refractivity contribution in [3.63, 3.8) is 0 Å². The first-order valence-electron chi connectivity index (χ1n) is 42.6. The molecule has 574 valence electrons. The first-order chi connectivity index (χ1) is 47.3. The molecular formula is C89H146O12. The fourth-order valence-electron chi connectivity index (χ4n) is 25.4. The molecule has 20 saturated carbocycles. The van der Waals surface area contributed by atoms with Crippen LogP contribution in [0.5, 0.6) is 0 Å². The third-order valence-corrected chi connectivity index (χ3v) is 33.3. The minimum absolute atomic E-state index is 0.0185. The molecule has 20 fully saturated rings. The smallest absolute Gasteiger partial charge is 0.344 e. The molecule has 20 bridgehead atoms. The average molecular weight is 1410 g/mol. The van der Waals surface area contributed by atoms with E-state index in [0.29, 0.717) is 71.5 Å². The van der Waals surface area contributed by atoms with Crippen molar-refractivity contribution >= 4 is 35.8 Å². The lowest BCUT2D eigenvalue weighted by molar-refractivity contribution is -0.231. The molecule has 20 aliphatic rings. The number of hydrogen-bond donors (Lipinski definition) is 0. The van der Waals surface area contributed by atoms with Crippen LogP contribution in [0.15, 0.2) is 0 Å². The number of rotatable bonds is 19. The molecule has 1 atom stereocenters. The standard InChI is InChI=1S/C19H30O4.C19H32O2.C18H30O2.C17H28O2.C16H26O2/c1-5-18(2,3)17(21)22-11-16(20)23-19(4)14-7-12-6-13(9-14)10-15(19)8-12;1-6-18(4,5)17(20)21-19(12(2)3)15-8-13-7-14(10-15)11-16(19)9-13;1-5-17(3,4)16(19)20-18(6-2)14-8-12-7-13(10-14)11-15(18)9-12;1-5-16(2,3)15(18)19-17(4)13-7-11-6-12(9-13)10-14(17)8-11;1-4-10(2)15(17)18-16(3)13-6-11-5-12(8-13)9-14(16)7-11/h12-15H,5-11H2,1-4H3;12-16H,6-11H2,1-5H3;12-15H,5-11H2,1-4H3;11-14H,5-10H2,1-4H3;10-14H,4-9H2,1-3H3. The van der Waals surface area contributed by atoms with Crippen molar-refractivity contribution in [3.05, 3.63) is 0 Å². The molecule has 0 N–H and O–H groups in total. The molecule has 20 rings (SSSR count). The molecule has 20 aliphatic carbocycles. The van der Waals surface area contributed by atoms with Gasteiger partial charge in [-0.25, -0.2) is 4.79 Å². The maximum Gasteiger partial charge on any atom is 0.344 e. The van der Waals surface area contributed by atoms with Gasteiger partial charge in [0, 0.05) is 0 Å². The third-order valence-electron chi connectivity index (χ3n) is 33.3. The Hall–Kier alpha value is -3.18. The van der Waals surface area contributed by atoms with Crippen LogP contribution >= 0.6 is 0 Å². The van der Waals surface area contributed by atoms with E-state index in [1.807, 2.05) is 69.2 Å². The van der Waals surface area contributed by atoms with Crippen molar-refractivity contribution in [2.24, 2.45) is 152 Å². The van der Waals surface area contributed by atoms with Gasteiger partial charge in [-0.15, -0.1) is 0 Å². The SMILES string of the molecule is CCC(C)(C)C(=O)OC1(C(C)C)C2CC3CC(C2)CC1C3.CCC(C)(C)C(=O)OC1(C)C2CC3CC(C2)CC1C3.CCC(C)(C)C(=O)OC1(CC)C2CC3CC(C2)CC1C3.CCC(C)(C)C(=O)OCC(=O)OC1(C)C2CC3CC(C2)CC1C3.CCC(C)C(=O)OC1(C)C2CC3CC(C2)CC1C3. The third kappa shape index (κ3) is 15.4. The van der Waals surface area contributed by atoms with Gasteiger partial charge < -0.3 is 28.4 Å². The number of carbonyl (C=O) groups is 6. The van der Waals surface area contributed by atoms with E-state index in [4.69, 9.17) is 28.4 Å². The minimum Gasteiger partial charge on any atom is -0.459 e. The minimum atomic E-state index is -0.549. The van der Waals surface area contributed by atoms with Crippen LogP contribution in [0.2, 0.25) is 0 Å². The van der Waals surface area contributed by atoms with E-state index in [-0.39, 0.29) is 92.6 Å². The molecule has 0 saturated heterocycles. The van der Waals surface area contributed by atoms with Crippen molar-refractivity contribution in [2.45, 2.75) is 366 Å². The Kier molecular flexibility index (Phi) is 23.2. The van der Waals surface area contributed by atoms with Gasteiger partial charge in [-0.1, -0.05) is 62.3 Å². The predicted octanol–water partition coefficient (Wildman–Crippen LogP) is 21.1. The Morgan fingerprint density at radius 3 is 0.871 bits per heavy atom. The van der Waals surface area contributed by atoms with Crippen LogP contribution < -0.4 is 0 Å². The topological polar surface area (TPSA) is 158 Å². The number of esters is 6. The molecule has 0 aromatic rings. The van der Waals surface area contributed by atoms with Gasteiger partial charge in [0.1, 0.15) is 28.0 Å². The summed E-state index contributed by atoms with van der Waals surface area (Å²) >= 11 is 0. The Bertz CT molecular complexity index is 2800. The van der Waals surface area contributed by atoms with E-state index >= 15 is 0 Å². The second-order valence-corrected chi connectivity index (χ2v) is 41.3. The highest BCUT2D eigenvalue weighted by molar-refractivity contribution is 5.80. The highest BCUT2D eigenvalue weighted by Gasteiger charge is 2.64. The second kappa shape index (κ2) is 29.8. The Morgan fingerprint density at radius 1 is 0.327 bits per heavy atom. The van der Waals surface area contributed by atoms with Crippen molar-refractivity contribution in [1.29, 1.82) is 0 Å². The lowest BCUT2D eigenvalue weighted by Crippen LogP contribution is -2.63. The van der Waals surface area contributed by atoms with Crippen molar-refractivity contribution < 1.29 is 57.2 Å². The monoisotopic (exact) mass is 1410 g/mol. The molecule has 12 nitrogen and oxygen atoms in total. The zero-order valence-corrected chi connectivity index (χ0v) is 67.7. The lowest BCUT2D eigenvalue weighted by atomic mass is 9.47. The largest absolute Gasteiger partial charge is 0.459 e. The Labute approximate surface area is 613 Å². The van der Waals surface area contributed by atoms with Gasteiger partial charge in [-0.2, -0.15) is 0 Å². The summed E-state index contributed by atoms with van der Waals surface area (Å²) in [5, 5.41) is 0. The van der Waals surface area contributed by atoms with Gasteiger partial charge in [-0.05, 0) is 399 Å². The van der Waals surface area contributed by atoms with Gasteiger partial charge in [0.25, 0.3) is 0 Å². The van der Waals surface area contributed by atoms with Crippen LogP contribution in [0.1, 0.15) is 338 Å². The molecule has 0 spiro atoms. The first-order valence-corrected chi connectivity index (χ1v) is 42.6. The summed E-state index contributed by atoms with van der Waals surface area (Å²) in [5.41, 5.74) is -2.53. The van der Waals surface area contributed by atoms with Crippen LogP contribution in [-0.2, 0) is 57.2 Å². The van der Waals surface area contributed by atoms with E-state index in [1.165, 1.54) is 161 Å². The van der Waals surface area contributed by atoms with E-state index in [2.05, 4.69) is 69.2 Å². The van der Waals surface area contributed by atoms with Gasteiger partial charge in [0.2, 0.25) is 0 Å².